The van der Waals surface area contributed by atoms with E-state index in [1.807, 2.05) is 24.3 Å². The van der Waals surface area contributed by atoms with Crippen molar-refractivity contribution in [1.82, 2.24) is 15.5 Å². The predicted molar refractivity (Wildman–Crippen MR) is 86.0 cm³/mol. The standard InChI is InChI=1S/C16H22ClN3O2/c17-13-4-1-3-12(7-13)8-18-16(21)19-9-15-10-20-6-2-5-14(20)11-22-15/h1,3-4,7,14-15H,2,5-6,8-11H2,(H2,18,19,21)/t14-,15-/m1/s1. The topological polar surface area (TPSA) is 53.6 Å². The molecule has 0 aliphatic carbocycles. The van der Waals surface area contributed by atoms with Crippen molar-refractivity contribution in [3.8, 4) is 0 Å². The minimum absolute atomic E-state index is 0.0891. The Hall–Kier alpha value is -1.30. The van der Waals surface area contributed by atoms with Crippen LogP contribution in [0.15, 0.2) is 24.3 Å². The Bertz CT molecular complexity index is 526. The van der Waals surface area contributed by atoms with Gasteiger partial charge in [0.05, 0.1) is 12.7 Å². The van der Waals surface area contributed by atoms with Gasteiger partial charge in [-0.25, -0.2) is 4.79 Å². The van der Waals surface area contributed by atoms with Crippen molar-refractivity contribution in [2.45, 2.75) is 31.5 Å². The Morgan fingerprint density at radius 1 is 1.41 bits per heavy atom. The predicted octanol–water partition coefficient (Wildman–Crippen LogP) is 2.00. The minimum Gasteiger partial charge on any atom is -0.373 e. The summed E-state index contributed by atoms with van der Waals surface area (Å²) in [7, 11) is 0. The van der Waals surface area contributed by atoms with E-state index in [2.05, 4.69) is 15.5 Å². The van der Waals surface area contributed by atoms with Crippen molar-refractivity contribution in [3.63, 3.8) is 0 Å². The summed E-state index contributed by atoms with van der Waals surface area (Å²) in [6, 6.07) is 7.89. The Kier molecular flexibility index (Phi) is 5.18. The summed E-state index contributed by atoms with van der Waals surface area (Å²) in [6.07, 6.45) is 2.58. The van der Waals surface area contributed by atoms with Crippen LogP contribution in [-0.4, -0.2) is 49.3 Å². The van der Waals surface area contributed by atoms with Crippen molar-refractivity contribution < 1.29 is 9.53 Å². The highest BCUT2D eigenvalue weighted by molar-refractivity contribution is 6.30. The third-order valence-corrected chi connectivity index (χ3v) is 4.53. The maximum absolute atomic E-state index is 11.8. The molecule has 0 saturated carbocycles. The monoisotopic (exact) mass is 323 g/mol. The average Bonchev–Trinajstić information content (AvgIpc) is 2.98. The fraction of sp³-hybridized carbons (Fsp3) is 0.562. The zero-order valence-corrected chi connectivity index (χ0v) is 13.3. The van der Waals surface area contributed by atoms with Gasteiger partial charge in [-0.05, 0) is 37.1 Å². The molecule has 2 aliphatic rings. The number of urea groups is 1. The molecule has 120 valence electrons. The molecule has 3 rings (SSSR count). The van der Waals surface area contributed by atoms with Gasteiger partial charge in [0.15, 0.2) is 0 Å². The van der Waals surface area contributed by atoms with Crippen LogP contribution in [-0.2, 0) is 11.3 Å². The molecule has 0 radical (unpaired) electrons. The normalized spacial score (nSPS) is 24.8. The Labute approximate surface area is 136 Å². The van der Waals surface area contributed by atoms with Crippen molar-refractivity contribution in [2.75, 3.05) is 26.2 Å². The Morgan fingerprint density at radius 3 is 3.18 bits per heavy atom. The van der Waals surface area contributed by atoms with Crippen LogP contribution < -0.4 is 10.6 Å². The second-order valence-electron chi connectivity index (χ2n) is 5.94. The number of amides is 2. The van der Waals surface area contributed by atoms with Crippen LogP contribution in [0.1, 0.15) is 18.4 Å². The molecule has 0 aromatic heterocycles. The van der Waals surface area contributed by atoms with Crippen molar-refractivity contribution in [3.05, 3.63) is 34.9 Å². The van der Waals surface area contributed by atoms with Crippen LogP contribution in [0.5, 0.6) is 0 Å². The highest BCUT2D eigenvalue weighted by Gasteiger charge is 2.32. The van der Waals surface area contributed by atoms with Crippen molar-refractivity contribution >= 4 is 17.6 Å². The molecule has 2 atom stereocenters. The first-order chi connectivity index (χ1) is 10.7. The lowest BCUT2D eigenvalue weighted by Crippen LogP contribution is -2.51. The molecule has 2 aliphatic heterocycles. The number of carbonyl (C=O) groups excluding carboxylic acids is 1. The zero-order chi connectivity index (χ0) is 15.4. The first-order valence-corrected chi connectivity index (χ1v) is 8.20. The molecule has 0 unspecified atom stereocenters. The van der Waals surface area contributed by atoms with Gasteiger partial charge in [0.2, 0.25) is 0 Å². The number of morpholine rings is 1. The van der Waals surface area contributed by atoms with E-state index in [-0.39, 0.29) is 12.1 Å². The van der Waals surface area contributed by atoms with Gasteiger partial charge in [-0.15, -0.1) is 0 Å². The van der Waals surface area contributed by atoms with Gasteiger partial charge in [0, 0.05) is 30.7 Å². The number of carbonyl (C=O) groups is 1. The van der Waals surface area contributed by atoms with Gasteiger partial charge in [0.25, 0.3) is 0 Å². The van der Waals surface area contributed by atoms with Gasteiger partial charge in [-0.2, -0.15) is 0 Å². The summed E-state index contributed by atoms with van der Waals surface area (Å²) in [4.78, 5) is 14.3. The van der Waals surface area contributed by atoms with E-state index in [4.69, 9.17) is 16.3 Å². The van der Waals surface area contributed by atoms with E-state index < -0.39 is 0 Å². The third-order valence-electron chi connectivity index (χ3n) is 4.29. The number of fused-ring (bicyclic) bond motifs is 1. The number of hydrogen-bond donors (Lipinski definition) is 2. The summed E-state index contributed by atoms with van der Waals surface area (Å²) in [6.45, 7) is 3.87. The van der Waals surface area contributed by atoms with Crippen LogP contribution in [0.25, 0.3) is 0 Å². The van der Waals surface area contributed by atoms with Gasteiger partial charge in [0.1, 0.15) is 0 Å². The number of rotatable bonds is 4. The number of halogens is 1. The van der Waals surface area contributed by atoms with Crippen molar-refractivity contribution in [2.24, 2.45) is 0 Å². The molecule has 2 heterocycles. The number of hydrogen-bond acceptors (Lipinski definition) is 3. The summed E-state index contributed by atoms with van der Waals surface area (Å²) in [5.74, 6) is 0. The highest BCUT2D eigenvalue weighted by Crippen LogP contribution is 2.22. The van der Waals surface area contributed by atoms with Crippen LogP contribution in [0, 0.1) is 0 Å². The minimum atomic E-state index is -0.174. The fourth-order valence-corrected chi connectivity index (χ4v) is 3.32. The maximum Gasteiger partial charge on any atom is 0.315 e. The molecule has 1 aromatic rings. The Morgan fingerprint density at radius 2 is 2.32 bits per heavy atom. The molecule has 2 saturated heterocycles. The summed E-state index contributed by atoms with van der Waals surface area (Å²) >= 11 is 5.92. The number of nitrogens with zero attached hydrogens (tertiary/aromatic N) is 1. The summed E-state index contributed by atoms with van der Waals surface area (Å²) < 4.78 is 5.82. The highest BCUT2D eigenvalue weighted by atomic mass is 35.5. The first-order valence-electron chi connectivity index (χ1n) is 7.82. The van der Waals surface area contributed by atoms with E-state index in [0.29, 0.717) is 24.2 Å². The maximum atomic E-state index is 11.8. The molecule has 1 aromatic carbocycles. The van der Waals surface area contributed by atoms with Gasteiger partial charge in [-0.1, -0.05) is 23.7 Å². The molecular formula is C16H22ClN3O2. The van der Waals surface area contributed by atoms with Crippen LogP contribution in [0.2, 0.25) is 5.02 Å². The number of benzene rings is 1. The fourth-order valence-electron chi connectivity index (χ4n) is 3.11. The lowest BCUT2D eigenvalue weighted by atomic mass is 10.2. The van der Waals surface area contributed by atoms with E-state index in [0.717, 1.165) is 25.3 Å². The molecule has 2 fully saturated rings. The molecule has 22 heavy (non-hydrogen) atoms. The molecule has 6 heteroatoms. The second kappa shape index (κ2) is 7.31. The van der Waals surface area contributed by atoms with Crippen molar-refractivity contribution in [1.29, 1.82) is 0 Å². The van der Waals surface area contributed by atoms with Gasteiger partial charge in [-0.3, -0.25) is 4.90 Å². The smallest absolute Gasteiger partial charge is 0.315 e. The lowest BCUT2D eigenvalue weighted by molar-refractivity contribution is -0.0457. The van der Waals surface area contributed by atoms with E-state index in [9.17, 15) is 4.79 Å². The second-order valence-corrected chi connectivity index (χ2v) is 6.38. The molecule has 5 nitrogen and oxygen atoms in total. The molecule has 0 spiro atoms. The van der Waals surface area contributed by atoms with Gasteiger partial charge >= 0.3 is 6.03 Å². The number of ether oxygens (including phenoxy) is 1. The van der Waals surface area contributed by atoms with E-state index in [1.54, 1.807) is 0 Å². The zero-order valence-electron chi connectivity index (χ0n) is 12.6. The average molecular weight is 324 g/mol. The molecule has 0 bridgehead atoms. The SMILES string of the molecule is O=C(NCc1cccc(Cl)c1)NC[C@@H]1CN2CCC[C@@H]2CO1. The molecule has 2 N–H and O–H groups in total. The largest absolute Gasteiger partial charge is 0.373 e. The van der Waals surface area contributed by atoms with Crippen LogP contribution in [0.4, 0.5) is 4.79 Å². The van der Waals surface area contributed by atoms with E-state index in [1.165, 1.54) is 12.8 Å². The third kappa shape index (κ3) is 4.12. The molecule has 2 amide bonds. The van der Waals surface area contributed by atoms with E-state index >= 15 is 0 Å². The summed E-state index contributed by atoms with van der Waals surface area (Å²) in [5.41, 5.74) is 0.983. The number of nitrogens with one attached hydrogen (secondary N) is 2. The lowest BCUT2D eigenvalue weighted by Gasteiger charge is -2.35. The van der Waals surface area contributed by atoms with Gasteiger partial charge < -0.3 is 15.4 Å². The van der Waals surface area contributed by atoms with Crippen LogP contribution in [0.3, 0.4) is 0 Å². The molecular weight excluding hydrogens is 302 g/mol. The van der Waals surface area contributed by atoms with Crippen LogP contribution >= 0.6 is 11.6 Å². The quantitative estimate of drug-likeness (QED) is 0.891. The Balaban J connectivity index is 1.37. The summed E-state index contributed by atoms with van der Waals surface area (Å²) in [5, 5.41) is 6.39. The first kappa shape index (κ1) is 15.6.